The average molecular weight is 582 g/mol. The van der Waals surface area contributed by atoms with Crippen molar-refractivity contribution in [2.45, 2.75) is 56.9 Å². The maximum Gasteiger partial charge on any atom is 0.248 e. The number of nitrogens with zero attached hydrogens (tertiary/aromatic N) is 2. The third-order valence-electron chi connectivity index (χ3n) is 9.04. The molecule has 1 saturated carbocycles. The molecule has 2 heterocycles. The zero-order chi connectivity index (χ0) is 30.2. The molecule has 1 aliphatic heterocycles. The van der Waals surface area contributed by atoms with Gasteiger partial charge in [-0.2, -0.15) is 0 Å². The van der Waals surface area contributed by atoms with Crippen LogP contribution in [0.25, 0.3) is 22.2 Å². The fraction of sp³-hybridized carbons (Fsp3) is 0.371. The molecule has 2 aliphatic rings. The number of fused-ring (bicyclic) bond motifs is 5. The highest BCUT2D eigenvalue weighted by atomic mass is 16.5. The molecular weight excluding hydrogens is 542 g/mol. The summed E-state index contributed by atoms with van der Waals surface area (Å²) in [6.45, 7) is 1.01. The van der Waals surface area contributed by atoms with Gasteiger partial charge >= 0.3 is 0 Å². The van der Waals surface area contributed by atoms with E-state index in [1.165, 1.54) is 12.0 Å². The standard InChI is InChI=1S/C35H39N3O5/c1-37(2)35(41)28(17-21-9-12-24(39)13-10-21)27-19-25(42-3)20-30-32(27)33-31(22-7-5-4-6-8-22)26-14-11-23(34(36)40)18-29(26)38(33)15-16-43-30/h9-14,18-20,22,28,39H,4-8,15-17H2,1-3H3,(H2,36,40)/t28-/m0/s1. The maximum absolute atomic E-state index is 14.0. The van der Waals surface area contributed by atoms with Gasteiger partial charge in [0.25, 0.3) is 0 Å². The smallest absolute Gasteiger partial charge is 0.248 e. The highest BCUT2D eigenvalue weighted by molar-refractivity contribution is 6.01. The molecule has 0 radical (unpaired) electrons. The second-order valence-electron chi connectivity index (χ2n) is 11.9. The maximum atomic E-state index is 14.0. The molecule has 8 heteroatoms. The second-order valence-corrected chi connectivity index (χ2v) is 11.9. The molecule has 6 rings (SSSR count). The number of likely N-dealkylation sites (N-methyl/N-ethyl adjacent to an activating group) is 1. The summed E-state index contributed by atoms with van der Waals surface area (Å²) in [5, 5.41) is 11.0. The van der Waals surface area contributed by atoms with Crippen LogP contribution in [-0.2, 0) is 17.8 Å². The summed E-state index contributed by atoms with van der Waals surface area (Å²) in [7, 11) is 5.18. The van der Waals surface area contributed by atoms with Crippen molar-refractivity contribution in [3.63, 3.8) is 0 Å². The Morgan fingerprint density at radius 3 is 2.49 bits per heavy atom. The molecule has 2 amide bonds. The Labute approximate surface area is 252 Å². The van der Waals surface area contributed by atoms with Gasteiger partial charge in [-0.1, -0.05) is 37.5 Å². The van der Waals surface area contributed by atoms with E-state index in [9.17, 15) is 14.7 Å². The second kappa shape index (κ2) is 11.7. The predicted molar refractivity (Wildman–Crippen MR) is 167 cm³/mol. The minimum Gasteiger partial charge on any atom is -0.508 e. The first kappa shape index (κ1) is 28.6. The van der Waals surface area contributed by atoms with Crippen molar-refractivity contribution in [3.05, 3.63) is 76.9 Å². The number of aromatic hydroxyl groups is 1. The van der Waals surface area contributed by atoms with Crippen LogP contribution in [0.15, 0.2) is 54.6 Å². The van der Waals surface area contributed by atoms with E-state index in [2.05, 4.69) is 4.57 Å². The summed E-state index contributed by atoms with van der Waals surface area (Å²) in [6, 6.07) is 16.7. The van der Waals surface area contributed by atoms with Gasteiger partial charge in [0, 0.05) is 42.2 Å². The number of carbonyl (C=O) groups is 2. The number of nitrogens with two attached hydrogens (primary N) is 1. The Bertz CT molecular complexity index is 1680. The summed E-state index contributed by atoms with van der Waals surface area (Å²) >= 11 is 0. The van der Waals surface area contributed by atoms with E-state index >= 15 is 0 Å². The molecule has 0 spiro atoms. The lowest BCUT2D eigenvalue weighted by atomic mass is 9.79. The summed E-state index contributed by atoms with van der Waals surface area (Å²) in [4.78, 5) is 27.9. The van der Waals surface area contributed by atoms with Crippen molar-refractivity contribution in [2.24, 2.45) is 5.73 Å². The third-order valence-corrected chi connectivity index (χ3v) is 9.04. The molecular formula is C35H39N3O5. The number of phenolic OH excluding ortho intramolecular Hbond substituents is 1. The van der Waals surface area contributed by atoms with E-state index < -0.39 is 11.8 Å². The van der Waals surface area contributed by atoms with Gasteiger partial charge in [-0.05, 0) is 72.2 Å². The van der Waals surface area contributed by atoms with Crippen LogP contribution in [0.4, 0.5) is 0 Å². The molecule has 224 valence electrons. The first-order chi connectivity index (χ1) is 20.8. The molecule has 0 saturated heterocycles. The van der Waals surface area contributed by atoms with Crippen molar-refractivity contribution < 1.29 is 24.2 Å². The Morgan fingerprint density at radius 2 is 1.81 bits per heavy atom. The molecule has 0 bridgehead atoms. The normalized spacial score (nSPS) is 15.6. The Hall–Kier alpha value is -4.46. The molecule has 1 fully saturated rings. The number of primary amides is 1. The number of methoxy groups -OCH3 is 1. The van der Waals surface area contributed by atoms with Gasteiger partial charge < -0.3 is 29.8 Å². The van der Waals surface area contributed by atoms with Crippen molar-refractivity contribution in [1.29, 1.82) is 0 Å². The van der Waals surface area contributed by atoms with Gasteiger partial charge in [0.05, 0.1) is 25.3 Å². The Balaban J connectivity index is 1.67. The number of hydrogen-bond donors (Lipinski definition) is 2. The number of phenols is 1. The summed E-state index contributed by atoms with van der Waals surface area (Å²) in [5.74, 6) is 0.787. The largest absolute Gasteiger partial charge is 0.508 e. The third kappa shape index (κ3) is 5.31. The molecule has 1 atom stereocenters. The first-order valence-electron chi connectivity index (χ1n) is 15.1. The number of benzene rings is 3. The summed E-state index contributed by atoms with van der Waals surface area (Å²) in [6.07, 6.45) is 6.15. The van der Waals surface area contributed by atoms with Gasteiger partial charge in [0.1, 0.15) is 23.9 Å². The van der Waals surface area contributed by atoms with E-state index in [4.69, 9.17) is 15.2 Å². The van der Waals surface area contributed by atoms with Crippen molar-refractivity contribution >= 4 is 22.7 Å². The van der Waals surface area contributed by atoms with Gasteiger partial charge in [-0.3, -0.25) is 9.59 Å². The highest BCUT2D eigenvalue weighted by Gasteiger charge is 2.35. The van der Waals surface area contributed by atoms with Crippen LogP contribution < -0.4 is 15.2 Å². The van der Waals surface area contributed by atoms with Crippen LogP contribution in [0.5, 0.6) is 17.2 Å². The van der Waals surface area contributed by atoms with Crippen LogP contribution in [0.2, 0.25) is 0 Å². The molecule has 0 unspecified atom stereocenters. The highest BCUT2D eigenvalue weighted by Crippen LogP contribution is 2.51. The average Bonchev–Trinajstić information content (AvgIpc) is 3.20. The molecule has 43 heavy (non-hydrogen) atoms. The van der Waals surface area contributed by atoms with E-state index in [0.29, 0.717) is 42.6 Å². The van der Waals surface area contributed by atoms with E-state index in [0.717, 1.165) is 59.0 Å². The van der Waals surface area contributed by atoms with E-state index in [1.54, 1.807) is 38.2 Å². The molecule has 1 aliphatic carbocycles. The van der Waals surface area contributed by atoms with Crippen LogP contribution in [0.1, 0.15) is 71.0 Å². The topological polar surface area (TPSA) is 107 Å². The Kier molecular flexibility index (Phi) is 7.77. The molecule has 8 nitrogen and oxygen atoms in total. The summed E-state index contributed by atoms with van der Waals surface area (Å²) in [5.41, 5.74) is 12.1. The fourth-order valence-corrected chi connectivity index (χ4v) is 6.96. The zero-order valence-corrected chi connectivity index (χ0v) is 25.1. The van der Waals surface area contributed by atoms with E-state index in [-0.39, 0.29) is 11.7 Å². The SMILES string of the molecule is COc1cc2c(c([C@H](Cc3ccc(O)cc3)C(=O)N(C)C)c1)-c1c(C3CCCCC3)c3ccc(C(N)=O)cc3n1CCO2. The van der Waals surface area contributed by atoms with Gasteiger partial charge in [-0.15, -0.1) is 0 Å². The van der Waals surface area contributed by atoms with E-state index in [1.807, 2.05) is 42.5 Å². The van der Waals surface area contributed by atoms with Crippen LogP contribution in [0, 0.1) is 0 Å². The molecule has 1 aromatic heterocycles. The lowest BCUT2D eigenvalue weighted by Crippen LogP contribution is -2.30. The minimum absolute atomic E-state index is 0.0364. The number of carbonyl (C=O) groups excluding carboxylic acids is 2. The van der Waals surface area contributed by atoms with Gasteiger partial charge in [0.2, 0.25) is 11.8 Å². The molecule has 3 aromatic carbocycles. The number of aromatic nitrogens is 1. The monoisotopic (exact) mass is 581 g/mol. The Morgan fingerprint density at radius 1 is 1.07 bits per heavy atom. The zero-order valence-electron chi connectivity index (χ0n) is 25.1. The number of ether oxygens (including phenoxy) is 2. The van der Waals surface area contributed by atoms with Gasteiger partial charge in [0.15, 0.2) is 0 Å². The van der Waals surface area contributed by atoms with Crippen LogP contribution in [-0.4, -0.2) is 54.2 Å². The van der Waals surface area contributed by atoms with Crippen molar-refractivity contribution in [3.8, 4) is 28.5 Å². The number of amides is 2. The quantitative estimate of drug-likeness (QED) is 0.279. The number of hydrogen-bond acceptors (Lipinski definition) is 5. The lowest BCUT2D eigenvalue weighted by Gasteiger charge is -2.27. The lowest BCUT2D eigenvalue weighted by molar-refractivity contribution is -0.130. The van der Waals surface area contributed by atoms with Crippen molar-refractivity contribution in [2.75, 3.05) is 27.8 Å². The molecule has 3 N–H and O–H groups in total. The summed E-state index contributed by atoms with van der Waals surface area (Å²) < 4.78 is 14.5. The molecule has 4 aromatic rings. The fourth-order valence-electron chi connectivity index (χ4n) is 6.96. The van der Waals surface area contributed by atoms with Gasteiger partial charge in [-0.25, -0.2) is 0 Å². The number of rotatable bonds is 7. The first-order valence-corrected chi connectivity index (χ1v) is 15.1. The van der Waals surface area contributed by atoms with Crippen LogP contribution >= 0.6 is 0 Å². The minimum atomic E-state index is -0.544. The van der Waals surface area contributed by atoms with Crippen LogP contribution in [0.3, 0.4) is 0 Å². The predicted octanol–water partition coefficient (Wildman–Crippen LogP) is 5.98. The van der Waals surface area contributed by atoms with Crippen molar-refractivity contribution in [1.82, 2.24) is 9.47 Å².